The first kappa shape index (κ1) is 21.6. The molecule has 158 valence electrons. The number of benzene rings is 1. The Labute approximate surface area is 165 Å². The van der Waals surface area contributed by atoms with Crippen LogP contribution in [0.2, 0.25) is 0 Å². The number of aliphatic hydroxyl groups excluding tert-OH is 3. The van der Waals surface area contributed by atoms with Crippen molar-refractivity contribution < 1.29 is 34.3 Å². The number of nitrogens with one attached hydrogen (secondary N) is 1. The zero-order chi connectivity index (χ0) is 20.0. The highest BCUT2D eigenvalue weighted by molar-refractivity contribution is 5.13. The van der Waals surface area contributed by atoms with Crippen LogP contribution in [-0.2, 0) is 25.6 Å². The molecule has 2 fully saturated rings. The molecule has 1 aromatic rings. The SMILES string of the molecule is CC1(CCCN[C@@H]2[C@@H](OCc3ccccc3)O[C@H](CO)[C@@H](O)[C@@H]2O)OCCO1. The average molecular weight is 397 g/mol. The van der Waals surface area contributed by atoms with Crippen molar-refractivity contribution in [1.29, 1.82) is 0 Å². The summed E-state index contributed by atoms with van der Waals surface area (Å²) in [5.41, 5.74) is 0.967. The Kier molecular flexibility index (Phi) is 7.78. The van der Waals surface area contributed by atoms with E-state index >= 15 is 0 Å². The number of hydrogen-bond donors (Lipinski definition) is 4. The molecule has 5 atom stereocenters. The minimum atomic E-state index is -1.20. The molecular formula is C20H31NO7. The number of hydrogen-bond acceptors (Lipinski definition) is 8. The molecule has 2 aliphatic heterocycles. The number of rotatable bonds is 9. The molecule has 4 N–H and O–H groups in total. The van der Waals surface area contributed by atoms with Crippen molar-refractivity contribution in [2.24, 2.45) is 0 Å². The third kappa shape index (κ3) is 5.49. The lowest BCUT2D eigenvalue weighted by molar-refractivity contribution is -0.274. The highest BCUT2D eigenvalue weighted by Crippen LogP contribution is 2.25. The van der Waals surface area contributed by atoms with Gasteiger partial charge in [0.05, 0.1) is 32.5 Å². The minimum absolute atomic E-state index is 0.296. The summed E-state index contributed by atoms with van der Waals surface area (Å²) in [5, 5.41) is 33.4. The summed E-state index contributed by atoms with van der Waals surface area (Å²) in [6.45, 7) is 3.58. The largest absolute Gasteiger partial charge is 0.394 e. The van der Waals surface area contributed by atoms with Crippen LogP contribution in [0.3, 0.4) is 0 Å². The molecule has 3 rings (SSSR count). The van der Waals surface area contributed by atoms with E-state index in [1.807, 2.05) is 37.3 Å². The quantitative estimate of drug-likeness (QED) is 0.436. The van der Waals surface area contributed by atoms with E-state index in [9.17, 15) is 15.3 Å². The molecule has 8 nitrogen and oxygen atoms in total. The van der Waals surface area contributed by atoms with Crippen molar-refractivity contribution in [2.75, 3.05) is 26.4 Å². The smallest absolute Gasteiger partial charge is 0.176 e. The first-order valence-corrected chi connectivity index (χ1v) is 9.82. The molecule has 28 heavy (non-hydrogen) atoms. The first-order chi connectivity index (χ1) is 13.5. The Morgan fingerprint density at radius 3 is 2.54 bits per heavy atom. The molecule has 1 aromatic carbocycles. The second-order valence-corrected chi connectivity index (χ2v) is 7.42. The molecule has 0 spiro atoms. The van der Waals surface area contributed by atoms with E-state index in [0.29, 0.717) is 32.8 Å². The molecule has 8 heteroatoms. The van der Waals surface area contributed by atoms with Gasteiger partial charge >= 0.3 is 0 Å². The predicted octanol–water partition coefficient (Wildman–Crippen LogP) is 0.144. The molecule has 2 saturated heterocycles. The van der Waals surface area contributed by atoms with Gasteiger partial charge in [-0.3, -0.25) is 0 Å². The third-order valence-electron chi connectivity index (χ3n) is 5.22. The van der Waals surface area contributed by atoms with E-state index in [4.69, 9.17) is 18.9 Å². The maximum Gasteiger partial charge on any atom is 0.176 e. The minimum Gasteiger partial charge on any atom is -0.394 e. The van der Waals surface area contributed by atoms with Gasteiger partial charge in [-0.25, -0.2) is 0 Å². The summed E-state index contributed by atoms with van der Waals surface area (Å²) < 4.78 is 22.8. The molecule has 2 heterocycles. The molecule has 0 radical (unpaired) electrons. The fourth-order valence-corrected chi connectivity index (χ4v) is 3.57. The van der Waals surface area contributed by atoms with Crippen LogP contribution in [0.4, 0.5) is 0 Å². The van der Waals surface area contributed by atoms with Crippen LogP contribution in [0.15, 0.2) is 30.3 Å². The molecule has 2 aliphatic rings. The fourth-order valence-electron chi connectivity index (χ4n) is 3.57. The van der Waals surface area contributed by atoms with Gasteiger partial charge in [0.1, 0.15) is 18.3 Å². The van der Waals surface area contributed by atoms with Gasteiger partial charge in [0.2, 0.25) is 0 Å². The first-order valence-electron chi connectivity index (χ1n) is 9.82. The van der Waals surface area contributed by atoms with E-state index in [1.165, 1.54) is 0 Å². The molecule has 0 bridgehead atoms. The van der Waals surface area contributed by atoms with Crippen LogP contribution in [0, 0.1) is 0 Å². The summed E-state index contributed by atoms with van der Waals surface area (Å²) in [4.78, 5) is 0. The van der Waals surface area contributed by atoms with Gasteiger partial charge < -0.3 is 39.6 Å². The van der Waals surface area contributed by atoms with Crippen molar-refractivity contribution in [3.8, 4) is 0 Å². The van der Waals surface area contributed by atoms with Crippen molar-refractivity contribution in [3.05, 3.63) is 35.9 Å². The second-order valence-electron chi connectivity index (χ2n) is 7.42. The lowest BCUT2D eigenvalue weighted by Crippen LogP contribution is -2.64. The third-order valence-corrected chi connectivity index (χ3v) is 5.22. The van der Waals surface area contributed by atoms with Gasteiger partial charge in [0, 0.05) is 6.42 Å². The van der Waals surface area contributed by atoms with Crippen molar-refractivity contribution in [3.63, 3.8) is 0 Å². The summed E-state index contributed by atoms with van der Waals surface area (Å²) >= 11 is 0. The molecule has 0 saturated carbocycles. The Morgan fingerprint density at radius 2 is 1.86 bits per heavy atom. The van der Waals surface area contributed by atoms with Crippen LogP contribution >= 0.6 is 0 Å². The van der Waals surface area contributed by atoms with Crippen molar-refractivity contribution in [1.82, 2.24) is 5.32 Å². The Balaban J connectivity index is 1.55. The normalized spacial score (nSPS) is 32.5. The van der Waals surface area contributed by atoms with Gasteiger partial charge in [0.15, 0.2) is 12.1 Å². The standard InChI is InChI=1S/C20H31NO7/c1-20(26-10-11-27-20)8-5-9-21-16-18(24)17(23)15(12-22)28-19(16)25-13-14-6-3-2-4-7-14/h2-4,6-7,15-19,21-24H,5,8-13H2,1H3/t15-,16+,17-,18-,19+/m1/s1. The average Bonchev–Trinajstić information content (AvgIpc) is 3.14. The van der Waals surface area contributed by atoms with Crippen molar-refractivity contribution >= 4 is 0 Å². The van der Waals surface area contributed by atoms with Crippen LogP contribution in [0.5, 0.6) is 0 Å². The fraction of sp³-hybridized carbons (Fsp3) is 0.700. The Morgan fingerprint density at radius 1 is 1.14 bits per heavy atom. The van der Waals surface area contributed by atoms with E-state index in [0.717, 1.165) is 12.0 Å². The number of ether oxygens (including phenoxy) is 4. The Hall–Kier alpha value is -1.10. The topological polar surface area (TPSA) is 110 Å². The van der Waals surface area contributed by atoms with E-state index < -0.39 is 43.0 Å². The van der Waals surface area contributed by atoms with E-state index in [2.05, 4.69) is 5.32 Å². The summed E-state index contributed by atoms with van der Waals surface area (Å²) in [7, 11) is 0. The van der Waals surface area contributed by atoms with Gasteiger partial charge in [-0.2, -0.15) is 0 Å². The summed E-state index contributed by atoms with van der Waals surface area (Å²) in [6, 6.07) is 8.99. The number of aliphatic hydroxyl groups is 3. The highest BCUT2D eigenvalue weighted by Gasteiger charge is 2.44. The molecule has 0 amide bonds. The van der Waals surface area contributed by atoms with Gasteiger partial charge in [-0.1, -0.05) is 30.3 Å². The maximum absolute atomic E-state index is 10.5. The lowest BCUT2D eigenvalue weighted by Gasteiger charge is -2.42. The highest BCUT2D eigenvalue weighted by atomic mass is 16.7. The molecule has 0 unspecified atom stereocenters. The second kappa shape index (κ2) is 10.1. The van der Waals surface area contributed by atoms with Gasteiger partial charge in [-0.05, 0) is 25.5 Å². The monoisotopic (exact) mass is 397 g/mol. The van der Waals surface area contributed by atoms with Crippen LogP contribution < -0.4 is 5.32 Å². The molecule has 0 aromatic heterocycles. The van der Waals surface area contributed by atoms with Gasteiger partial charge in [0.25, 0.3) is 0 Å². The predicted molar refractivity (Wildman–Crippen MR) is 100 cm³/mol. The van der Waals surface area contributed by atoms with Crippen LogP contribution in [0.1, 0.15) is 25.3 Å². The molecular weight excluding hydrogens is 366 g/mol. The molecule has 0 aliphatic carbocycles. The zero-order valence-electron chi connectivity index (χ0n) is 16.2. The summed E-state index contributed by atoms with van der Waals surface area (Å²) in [5.74, 6) is -0.561. The van der Waals surface area contributed by atoms with Crippen molar-refractivity contribution in [2.45, 2.75) is 62.8 Å². The maximum atomic E-state index is 10.5. The van der Waals surface area contributed by atoms with Crippen LogP contribution in [0.25, 0.3) is 0 Å². The Bertz CT molecular complexity index is 581. The summed E-state index contributed by atoms with van der Waals surface area (Å²) in [6.07, 6.45) is -2.55. The lowest BCUT2D eigenvalue weighted by atomic mass is 9.96. The van der Waals surface area contributed by atoms with E-state index in [1.54, 1.807) is 0 Å². The van der Waals surface area contributed by atoms with E-state index in [-0.39, 0.29) is 0 Å². The van der Waals surface area contributed by atoms with Crippen LogP contribution in [-0.4, -0.2) is 78.1 Å². The van der Waals surface area contributed by atoms with Gasteiger partial charge in [-0.15, -0.1) is 0 Å². The zero-order valence-corrected chi connectivity index (χ0v) is 16.2.